The van der Waals surface area contributed by atoms with Gasteiger partial charge in [0.15, 0.2) is 9.84 Å². The molecule has 0 radical (unpaired) electrons. The Hall–Kier alpha value is 0.200. The molecule has 0 atom stereocenters. The lowest BCUT2D eigenvalue weighted by molar-refractivity contribution is 0.555. The first-order valence-electron chi connectivity index (χ1n) is 2.71. The molecular formula is C5H14ClNO2S. The Bertz CT molecular complexity index is 186. The highest BCUT2D eigenvalue weighted by atomic mass is 35.5. The molecule has 10 heavy (non-hydrogen) atoms. The first kappa shape index (κ1) is 12.8. The molecule has 0 rings (SSSR count). The average Bonchev–Trinajstić information content (AvgIpc) is 1.64. The van der Waals surface area contributed by atoms with Gasteiger partial charge in [0, 0.05) is 12.8 Å². The van der Waals surface area contributed by atoms with Gasteiger partial charge in [-0.25, -0.2) is 8.42 Å². The van der Waals surface area contributed by atoms with Crippen LogP contribution in [0, 0.1) is 0 Å². The molecule has 0 aliphatic heterocycles. The molecule has 0 aromatic heterocycles. The van der Waals surface area contributed by atoms with Crippen molar-refractivity contribution in [2.75, 3.05) is 12.8 Å². The molecule has 2 N–H and O–H groups in total. The molecular weight excluding hydrogens is 174 g/mol. The van der Waals surface area contributed by atoms with Crippen LogP contribution in [0.4, 0.5) is 0 Å². The van der Waals surface area contributed by atoms with Gasteiger partial charge in [-0.3, -0.25) is 0 Å². The maximum atomic E-state index is 10.8. The molecule has 0 heterocycles. The summed E-state index contributed by atoms with van der Waals surface area (Å²) in [5.41, 5.74) is 5.21. The van der Waals surface area contributed by atoms with Crippen molar-refractivity contribution in [1.82, 2.24) is 0 Å². The van der Waals surface area contributed by atoms with Crippen molar-refractivity contribution in [2.45, 2.75) is 18.6 Å². The van der Waals surface area contributed by atoms with Crippen LogP contribution in [0.15, 0.2) is 0 Å². The van der Waals surface area contributed by atoms with Crippen LogP contribution in [0.3, 0.4) is 0 Å². The summed E-state index contributed by atoms with van der Waals surface area (Å²) in [5, 5.41) is 0. The van der Waals surface area contributed by atoms with Gasteiger partial charge in [-0.05, 0) is 13.8 Å². The number of hydrogen-bond acceptors (Lipinski definition) is 3. The Morgan fingerprint density at radius 2 is 1.70 bits per heavy atom. The predicted molar refractivity (Wildman–Crippen MR) is 45.2 cm³/mol. The van der Waals surface area contributed by atoms with Gasteiger partial charge in [0.2, 0.25) is 0 Å². The van der Waals surface area contributed by atoms with Gasteiger partial charge in [-0.2, -0.15) is 0 Å². The van der Waals surface area contributed by atoms with Crippen LogP contribution in [-0.4, -0.2) is 26.0 Å². The molecule has 5 heteroatoms. The number of rotatable bonds is 2. The van der Waals surface area contributed by atoms with E-state index in [1.54, 1.807) is 13.8 Å². The van der Waals surface area contributed by atoms with Crippen LogP contribution in [0.25, 0.3) is 0 Å². The summed E-state index contributed by atoms with van der Waals surface area (Å²) in [5.74, 6) is 0. The fourth-order valence-corrected chi connectivity index (χ4v) is 0.454. The Kier molecular flexibility index (Phi) is 4.56. The zero-order valence-corrected chi connectivity index (χ0v) is 8.05. The molecule has 0 amide bonds. The van der Waals surface area contributed by atoms with Crippen LogP contribution in [0.2, 0.25) is 0 Å². The molecule has 0 unspecified atom stereocenters. The van der Waals surface area contributed by atoms with Crippen molar-refractivity contribution in [3.8, 4) is 0 Å². The van der Waals surface area contributed by atoms with Crippen LogP contribution in [0.1, 0.15) is 13.8 Å². The highest BCUT2D eigenvalue weighted by molar-refractivity contribution is 7.92. The van der Waals surface area contributed by atoms with Gasteiger partial charge in [0.05, 0.1) is 4.75 Å². The normalized spacial score (nSPS) is 12.4. The molecule has 0 saturated heterocycles. The first-order chi connectivity index (χ1) is 3.81. The van der Waals surface area contributed by atoms with Gasteiger partial charge in [0.25, 0.3) is 0 Å². The Balaban J connectivity index is 0. The van der Waals surface area contributed by atoms with Crippen molar-refractivity contribution in [2.24, 2.45) is 5.73 Å². The van der Waals surface area contributed by atoms with Crippen molar-refractivity contribution in [1.29, 1.82) is 0 Å². The standard InChI is InChI=1S/C5H13NO2S.ClH/c1-5(2,4-6)9(3,7)8;/h4,6H2,1-3H3;1H. The molecule has 3 nitrogen and oxygen atoms in total. The van der Waals surface area contributed by atoms with Gasteiger partial charge in [-0.1, -0.05) is 0 Å². The third-order valence-corrected chi connectivity index (χ3v) is 3.67. The summed E-state index contributed by atoms with van der Waals surface area (Å²) < 4.78 is 20.8. The summed E-state index contributed by atoms with van der Waals surface area (Å²) in [7, 11) is -2.98. The number of hydrogen-bond donors (Lipinski definition) is 1. The van der Waals surface area contributed by atoms with E-state index >= 15 is 0 Å². The minimum Gasteiger partial charge on any atom is -0.329 e. The molecule has 0 spiro atoms. The SMILES string of the molecule is CC(C)(CN)S(C)(=O)=O.Cl. The second-order valence-electron chi connectivity index (χ2n) is 2.74. The number of sulfone groups is 1. The van der Waals surface area contributed by atoms with E-state index in [9.17, 15) is 8.42 Å². The highest BCUT2D eigenvalue weighted by Gasteiger charge is 2.27. The van der Waals surface area contributed by atoms with Gasteiger partial charge < -0.3 is 5.73 Å². The molecule has 0 aromatic carbocycles. The van der Waals surface area contributed by atoms with Crippen molar-refractivity contribution >= 4 is 22.2 Å². The van der Waals surface area contributed by atoms with E-state index in [1.165, 1.54) is 6.26 Å². The minimum absolute atomic E-state index is 0. The van der Waals surface area contributed by atoms with E-state index in [2.05, 4.69) is 0 Å². The quantitative estimate of drug-likeness (QED) is 0.672. The van der Waals surface area contributed by atoms with Crippen LogP contribution < -0.4 is 5.73 Å². The van der Waals surface area contributed by atoms with Crippen LogP contribution >= 0.6 is 12.4 Å². The molecule has 0 aromatic rings. The largest absolute Gasteiger partial charge is 0.329 e. The van der Waals surface area contributed by atoms with E-state index in [1.807, 2.05) is 0 Å². The van der Waals surface area contributed by atoms with Crippen molar-refractivity contribution in [3.63, 3.8) is 0 Å². The van der Waals surface area contributed by atoms with Gasteiger partial charge in [0.1, 0.15) is 0 Å². The summed E-state index contributed by atoms with van der Waals surface area (Å²) in [6, 6.07) is 0. The van der Waals surface area contributed by atoms with E-state index in [0.29, 0.717) is 0 Å². The molecule has 0 fully saturated rings. The zero-order chi connectivity index (χ0) is 7.71. The lowest BCUT2D eigenvalue weighted by Gasteiger charge is -2.18. The summed E-state index contributed by atoms with van der Waals surface area (Å²) in [6.45, 7) is 3.40. The lowest BCUT2D eigenvalue weighted by atomic mass is 10.2. The zero-order valence-electron chi connectivity index (χ0n) is 6.42. The number of nitrogens with two attached hydrogens (primary N) is 1. The van der Waals surface area contributed by atoms with Gasteiger partial charge in [-0.15, -0.1) is 12.4 Å². The maximum Gasteiger partial charge on any atom is 0.153 e. The molecule has 0 saturated carbocycles. The summed E-state index contributed by atoms with van der Waals surface area (Å²) in [6.07, 6.45) is 1.19. The smallest absolute Gasteiger partial charge is 0.153 e. The Morgan fingerprint density at radius 3 is 1.70 bits per heavy atom. The third kappa shape index (κ3) is 2.86. The second-order valence-corrected chi connectivity index (χ2v) is 5.39. The minimum atomic E-state index is -2.98. The van der Waals surface area contributed by atoms with Gasteiger partial charge >= 0.3 is 0 Å². The fourth-order valence-electron chi connectivity index (χ4n) is 0.151. The lowest BCUT2D eigenvalue weighted by Crippen LogP contribution is -2.38. The topological polar surface area (TPSA) is 60.2 Å². The van der Waals surface area contributed by atoms with E-state index in [-0.39, 0.29) is 19.0 Å². The second kappa shape index (κ2) is 3.55. The average molecular weight is 188 g/mol. The Labute approximate surface area is 68.3 Å². The van der Waals surface area contributed by atoms with E-state index < -0.39 is 14.6 Å². The molecule has 0 aliphatic rings. The van der Waals surface area contributed by atoms with E-state index in [4.69, 9.17) is 5.73 Å². The predicted octanol–water partition coefficient (Wildman–Crippen LogP) is 0.190. The monoisotopic (exact) mass is 187 g/mol. The molecule has 64 valence electrons. The van der Waals surface area contributed by atoms with Crippen molar-refractivity contribution < 1.29 is 8.42 Å². The van der Waals surface area contributed by atoms with Crippen LogP contribution in [0.5, 0.6) is 0 Å². The maximum absolute atomic E-state index is 10.8. The van der Waals surface area contributed by atoms with Crippen LogP contribution in [-0.2, 0) is 9.84 Å². The number of halogens is 1. The molecule has 0 aliphatic carbocycles. The highest BCUT2D eigenvalue weighted by Crippen LogP contribution is 2.11. The van der Waals surface area contributed by atoms with Crippen molar-refractivity contribution in [3.05, 3.63) is 0 Å². The summed E-state index contributed by atoms with van der Waals surface area (Å²) >= 11 is 0. The third-order valence-electron chi connectivity index (χ3n) is 1.50. The Morgan fingerprint density at radius 1 is 1.40 bits per heavy atom. The van der Waals surface area contributed by atoms with E-state index in [0.717, 1.165) is 0 Å². The first-order valence-corrected chi connectivity index (χ1v) is 4.60. The fraction of sp³-hybridized carbons (Fsp3) is 1.00. The summed E-state index contributed by atoms with van der Waals surface area (Å²) in [4.78, 5) is 0. The molecule has 0 bridgehead atoms.